The number of fused-ring (bicyclic) bond motifs is 1. The van der Waals surface area contributed by atoms with E-state index in [1.54, 1.807) is 12.1 Å². The molecule has 0 fully saturated rings. The van der Waals surface area contributed by atoms with Crippen LogP contribution < -0.4 is 15.5 Å². The van der Waals surface area contributed by atoms with Crippen molar-refractivity contribution in [2.45, 2.75) is 32.7 Å². The molecular formula is C21H23F2N3O2. The minimum atomic E-state index is -0.819. The third-order valence-electron chi connectivity index (χ3n) is 4.57. The summed E-state index contributed by atoms with van der Waals surface area (Å²) in [7, 11) is 0. The average molecular weight is 387 g/mol. The van der Waals surface area contributed by atoms with Crippen LogP contribution in [0.15, 0.2) is 36.4 Å². The molecule has 7 heteroatoms. The molecule has 0 saturated carbocycles. The zero-order valence-electron chi connectivity index (χ0n) is 15.9. The van der Waals surface area contributed by atoms with Gasteiger partial charge >= 0.3 is 0 Å². The average Bonchev–Trinajstić information content (AvgIpc) is 2.64. The molecule has 3 rings (SSSR count). The zero-order chi connectivity index (χ0) is 20.3. The lowest BCUT2D eigenvalue weighted by Gasteiger charge is -2.32. The van der Waals surface area contributed by atoms with Gasteiger partial charge in [0.1, 0.15) is 17.3 Å². The molecule has 2 N–H and O–H groups in total. The van der Waals surface area contributed by atoms with Crippen molar-refractivity contribution in [3.05, 3.63) is 59.2 Å². The second kappa shape index (κ2) is 8.37. The smallest absolute Gasteiger partial charge is 0.251 e. The predicted octanol–water partition coefficient (Wildman–Crippen LogP) is 3.49. The Hall–Kier alpha value is -2.96. The first-order valence-electron chi connectivity index (χ1n) is 9.28. The summed E-state index contributed by atoms with van der Waals surface area (Å²) < 4.78 is 27.5. The van der Waals surface area contributed by atoms with Crippen molar-refractivity contribution in [1.82, 2.24) is 5.32 Å². The van der Waals surface area contributed by atoms with E-state index in [1.165, 1.54) is 6.07 Å². The molecular weight excluding hydrogens is 364 g/mol. The molecule has 0 saturated heterocycles. The number of hydrogen-bond donors (Lipinski definition) is 2. The highest BCUT2D eigenvalue weighted by atomic mass is 19.1. The summed E-state index contributed by atoms with van der Waals surface area (Å²) in [6, 6.07) is 8.85. The minimum absolute atomic E-state index is 0.0180. The van der Waals surface area contributed by atoms with Crippen LogP contribution in [0.4, 0.5) is 20.2 Å². The van der Waals surface area contributed by atoms with Crippen LogP contribution in [0, 0.1) is 11.6 Å². The Balaban J connectivity index is 1.79. The molecule has 0 aromatic heterocycles. The largest absolute Gasteiger partial charge is 0.362 e. The van der Waals surface area contributed by atoms with Crippen LogP contribution in [0.25, 0.3) is 0 Å². The van der Waals surface area contributed by atoms with Crippen molar-refractivity contribution >= 4 is 23.2 Å². The number of carbonyl (C=O) groups is 2. The van der Waals surface area contributed by atoms with Crippen LogP contribution in [0.2, 0.25) is 0 Å². The fraction of sp³-hybridized carbons (Fsp3) is 0.333. The molecule has 1 heterocycles. The minimum Gasteiger partial charge on any atom is -0.362 e. The molecule has 2 aromatic rings. The second-order valence-electron chi connectivity index (χ2n) is 7.10. The first-order chi connectivity index (χ1) is 13.4. The number of anilines is 2. The van der Waals surface area contributed by atoms with Gasteiger partial charge in [-0.25, -0.2) is 8.78 Å². The summed E-state index contributed by atoms with van der Waals surface area (Å²) in [5, 5.41) is 5.20. The van der Waals surface area contributed by atoms with E-state index in [-0.39, 0.29) is 18.5 Å². The molecule has 2 aromatic carbocycles. The monoisotopic (exact) mass is 387 g/mol. The normalized spacial score (nSPS) is 13.2. The lowest BCUT2D eigenvalue weighted by Crippen LogP contribution is -2.38. The van der Waals surface area contributed by atoms with Crippen LogP contribution >= 0.6 is 0 Å². The zero-order valence-corrected chi connectivity index (χ0v) is 15.9. The number of nitrogens with zero attached hydrogens (tertiary/aromatic N) is 1. The summed E-state index contributed by atoms with van der Waals surface area (Å²) in [6.07, 6.45) is 1.51. The topological polar surface area (TPSA) is 61.4 Å². The van der Waals surface area contributed by atoms with E-state index in [2.05, 4.69) is 10.6 Å². The number of rotatable bonds is 5. The molecule has 0 aliphatic carbocycles. The van der Waals surface area contributed by atoms with Gasteiger partial charge in [-0.15, -0.1) is 0 Å². The molecule has 2 amide bonds. The van der Waals surface area contributed by atoms with E-state index < -0.39 is 23.2 Å². The number of halogens is 2. The highest BCUT2D eigenvalue weighted by Crippen LogP contribution is 2.30. The van der Waals surface area contributed by atoms with Crippen molar-refractivity contribution < 1.29 is 18.4 Å². The van der Waals surface area contributed by atoms with Gasteiger partial charge in [0, 0.05) is 23.8 Å². The SMILES string of the molecule is CC(C)NC(=O)c1cccc2c1CCCN2CC(=O)Nc1c(F)cccc1F. The Morgan fingerprint density at radius 1 is 1.11 bits per heavy atom. The summed E-state index contributed by atoms with van der Waals surface area (Å²) in [4.78, 5) is 26.7. The lowest BCUT2D eigenvalue weighted by atomic mass is 9.95. The van der Waals surface area contributed by atoms with E-state index in [0.717, 1.165) is 36.2 Å². The maximum absolute atomic E-state index is 13.8. The third kappa shape index (κ3) is 4.30. The summed E-state index contributed by atoms with van der Waals surface area (Å²) >= 11 is 0. The number of para-hydroxylation sites is 1. The van der Waals surface area contributed by atoms with E-state index in [1.807, 2.05) is 24.8 Å². The number of hydrogen-bond acceptors (Lipinski definition) is 3. The van der Waals surface area contributed by atoms with Crippen molar-refractivity contribution in [3.8, 4) is 0 Å². The van der Waals surface area contributed by atoms with Gasteiger partial charge in [-0.3, -0.25) is 9.59 Å². The Bertz CT molecular complexity index is 879. The predicted molar refractivity (Wildman–Crippen MR) is 105 cm³/mol. The first-order valence-corrected chi connectivity index (χ1v) is 9.28. The van der Waals surface area contributed by atoms with Crippen LogP contribution in [0.1, 0.15) is 36.2 Å². The van der Waals surface area contributed by atoms with Crippen molar-refractivity contribution in [1.29, 1.82) is 0 Å². The summed E-state index contributed by atoms with van der Waals surface area (Å²) in [5.74, 6) is -2.31. The number of nitrogens with one attached hydrogen (secondary N) is 2. The van der Waals surface area contributed by atoms with Gasteiger partial charge in [0.2, 0.25) is 5.91 Å². The lowest BCUT2D eigenvalue weighted by molar-refractivity contribution is -0.115. The highest BCUT2D eigenvalue weighted by molar-refractivity contribution is 5.98. The van der Waals surface area contributed by atoms with Crippen LogP contribution in [0.3, 0.4) is 0 Å². The van der Waals surface area contributed by atoms with Crippen molar-refractivity contribution in [2.24, 2.45) is 0 Å². The van der Waals surface area contributed by atoms with Gasteiger partial charge in [0.25, 0.3) is 5.91 Å². The summed E-state index contributed by atoms with van der Waals surface area (Å²) in [6.45, 7) is 4.35. The van der Waals surface area contributed by atoms with E-state index in [0.29, 0.717) is 12.1 Å². The Labute approximate surface area is 162 Å². The standard InChI is InChI=1S/C21H23F2N3O2/c1-13(2)24-21(28)15-6-3-10-18-14(15)7-5-11-26(18)12-19(27)25-20-16(22)8-4-9-17(20)23/h3-4,6,8-10,13H,5,7,11-12H2,1-2H3,(H,24,28)(H,25,27). The molecule has 5 nitrogen and oxygen atoms in total. The highest BCUT2D eigenvalue weighted by Gasteiger charge is 2.24. The van der Waals surface area contributed by atoms with Gasteiger partial charge in [-0.05, 0) is 56.5 Å². The molecule has 0 atom stereocenters. The third-order valence-corrected chi connectivity index (χ3v) is 4.57. The number of benzene rings is 2. The molecule has 0 radical (unpaired) electrons. The molecule has 28 heavy (non-hydrogen) atoms. The molecule has 0 spiro atoms. The Morgan fingerprint density at radius 3 is 2.46 bits per heavy atom. The maximum atomic E-state index is 13.8. The molecule has 0 unspecified atom stereocenters. The first kappa shape index (κ1) is 19.8. The van der Waals surface area contributed by atoms with Gasteiger partial charge in [-0.2, -0.15) is 0 Å². The van der Waals surface area contributed by atoms with Crippen LogP contribution in [-0.4, -0.2) is 30.9 Å². The molecule has 1 aliphatic heterocycles. The Morgan fingerprint density at radius 2 is 1.79 bits per heavy atom. The fourth-order valence-electron chi connectivity index (χ4n) is 3.39. The van der Waals surface area contributed by atoms with E-state index in [9.17, 15) is 18.4 Å². The van der Waals surface area contributed by atoms with Gasteiger partial charge in [0.05, 0.1) is 6.54 Å². The van der Waals surface area contributed by atoms with Crippen LogP contribution in [-0.2, 0) is 11.2 Å². The summed E-state index contributed by atoms with van der Waals surface area (Å²) in [5.41, 5.74) is 1.83. The van der Waals surface area contributed by atoms with Gasteiger partial charge < -0.3 is 15.5 Å². The maximum Gasteiger partial charge on any atom is 0.251 e. The van der Waals surface area contributed by atoms with Gasteiger partial charge in [-0.1, -0.05) is 12.1 Å². The molecule has 148 valence electrons. The van der Waals surface area contributed by atoms with E-state index in [4.69, 9.17) is 0 Å². The van der Waals surface area contributed by atoms with Gasteiger partial charge in [0.15, 0.2) is 0 Å². The Kier molecular flexibility index (Phi) is 5.92. The van der Waals surface area contributed by atoms with Crippen molar-refractivity contribution in [2.75, 3.05) is 23.3 Å². The number of carbonyl (C=O) groups excluding carboxylic acids is 2. The fourth-order valence-corrected chi connectivity index (χ4v) is 3.39. The number of amides is 2. The van der Waals surface area contributed by atoms with Crippen molar-refractivity contribution in [3.63, 3.8) is 0 Å². The van der Waals surface area contributed by atoms with Crippen LogP contribution in [0.5, 0.6) is 0 Å². The van der Waals surface area contributed by atoms with E-state index >= 15 is 0 Å². The quantitative estimate of drug-likeness (QED) is 0.826. The second-order valence-corrected chi connectivity index (χ2v) is 7.10. The molecule has 1 aliphatic rings. The molecule has 0 bridgehead atoms.